The Bertz CT molecular complexity index is 1040. The molecule has 0 heterocycles. The van der Waals surface area contributed by atoms with Crippen LogP contribution in [0.25, 0.3) is 0 Å². The summed E-state index contributed by atoms with van der Waals surface area (Å²) in [6, 6.07) is 0. The van der Waals surface area contributed by atoms with E-state index in [2.05, 4.69) is 38.2 Å². The fraction of sp³-hybridized carbons (Fsp3) is 0.893. The Kier molecular flexibility index (Phi) is 87.5. The molecule has 0 aliphatic carbocycles. The summed E-state index contributed by atoms with van der Waals surface area (Å²) in [6.07, 6.45) is 30.3. The minimum absolute atomic E-state index is 0.332. The summed E-state index contributed by atoms with van der Waals surface area (Å²) < 4.78 is 0. The first kappa shape index (κ1) is 91.4. The average molecular weight is 1180 g/mol. The Hall–Kier alpha value is -2.38. The Morgan fingerprint density at radius 2 is 0.388 bits per heavy atom. The highest BCUT2D eigenvalue weighted by atomic mass is 16.4. The van der Waals surface area contributed by atoms with Gasteiger partial charge in [0.2, 0.25) is 0 Å². The van der Waals surface area contributed by atoms with E-state index in [9.17, 15) is 9.59 Å². The van der Waals surface area contributed by atoms with Crippen LogP contribution in [0.4, 0.5) is 0 Å². The lowest BCUT2D eigenvalue weighted by molar-refractivity contribution is -0.138. The Morgan fingerprint density at radius 1 is 0.250 bits per heavy atom. The lowest BCUT2D eigenvalue weighted by Crippen LogP contribution is -2.31. The number of hydrogen-bond acceptors (Lipinski definition) is 22. The summed E-state index contributed by atoms with van der Waals surface area (Å²) in [5.41, 5.74) is 0. The van der Waals surface area contributed by atoms with Gasteiger partial charge in [0.05, 0.1) is 66.1 Å². The summed E-state index contributed by atoms with van der Waals surface area (Å²) in [5.74, 6) is -1.33. The predicted molar refractivity (Wildman–Crippen MR) is 305 cm³/mol. The summed E-state index contributed by atoms with van der Waals surface area (Å²) in [7, 11) is 0. The molecule has 0 saturated carbocycles. The van der Waals surface area contributed by atoms with Crippen LogP contribution in [0.5, 0.6) is 0 Å². The zero-order valence-corrected chi connectivity index (χ0v) is 48.6. The van der Waals surface area contributed by atoms with Crippen LogP contribution >= 0.6 is 0 Å². The molecule has 0 amide bonds. The first-order valence-electron chi connectivity index (χ1n) is 28.8. The number of carboxylic acids is 2. The second kappa shape index (κ2) is 76.6. The highest BCUT2D eigenvalue weighted by Crippen LogP contribution is 2.12. The largest absolute Gasteiger partial charge is 0.481 e. The van der Waals surface area contributed by atoms with Gasteiger partial charge in [-0.2, -0.15) is 0 Å². The van der Waals surface area contributed by atoms with Crippen LogP contribution in [-0.4, -0.2) is 251 Å². The third kappa shape index (κ3) is 82.1. The molecule has 22 N–H and O–H groups in total. The highest BCUT2D eigenvalue weighted by Gasteiger charge is 2.15. The molecule has 486 valence electrons. The van der Waals surface area contributed by atoms with Gasteiger partial charge in [-0.1, -0.05) is 141 Å². The van der Waals surface area contributed by atoms with Gasteiger partial charge >= 0.3 is 11.9 Å². The SMILES string of the molecule is CCCCCCCCC=CCCCCCCCC(=O)O.CCCCCCCCC=CCCCCCCCC(=O)O.OC[C@@H](O)[C@@H](O)CO.OC[C@@H](O)[C@@H](O)CO.OC[C@@H](O)[C@@H](O)CO.OC[C@@H](O)[C@@H](O)CO.OC[C@@H](O)[C@@H](O)CO. The number of hydrogen-bond donors (Lipinski definition) is 22. The topological polar surface area (TPSA) is 479 Å². The number of unbranched alkanes of at least 4 members (excludes halogenated alkanes) is 22. The smallest absolute Gasteiger partial charge is 0.303 e. The molecule has 0 fully saturated rings. The van der Waals surface area contributed by atoms with Gasteiger partial charge in [0.1, 0.15) is 61.0 Å². The standard InChI is InChI=1S/2C18H34O2.5C4H10O4/c2*1-2-3-4-5-6-7-8-9-10-11-12-13-14-15-16-17-18(19)20;5*5-1-3(7)4(8)2-6/h2*9-10H,2-8,11-17H2,1H3,(H,19,20);5*3-8H,1-2H2/t;;5*3-,4+. The monoisotopic (exact) mass is 1170 g/mol. The van der Waals surface area contributed by atoms with Gasteiger partial charge in [0, 0.05) is 12.8 Å². The molecule has 0 aromatic heterocycles. The Balaban J connectivity index is -0.000000163. The van der Waals surface area contributed by atoms with Crippen LogP contribution in [0, 0.1) is 0 Å². The molecule has 0 aliphatic rings. The molecule has 0 aromatic carbocycles. The molecular formula is C56H118O24. The summed E-state index contributed by atoms with van der Waals surface area (Å²) in [4.78, 5) is 20.6. The molecule has 0 unspecified atom stereocenters. The molecule has 0 saturated heterocycles. The molecule has 24 nitrogen and oxygen atoms in total. The third-order valence-electron chi connectivity index (χ3n) is 11.4. The van der Waals surface area contributed by atoms with E-state index >= 15 is 0 Å². The van der Waals surface area contributed by atoms with E-state index in [4.69, 9.17) is 112 Å². The summed E-state index contributed by atoms with van der Waals surface area (Å²) in [5, 5.41) is 183. The van der Waals surface area contributed by atoms with Gasteiger partial charge in [0.25, 0.3) is 0 Å². The number of carbonyl (C=O) groups is 2. The Morgan fingerprint density at radius 3 is 0.525 bits per heavy atom. The lowest BCUT2D eigenvalue weighted by Gasteiger charge is -2.10. The molecule has 0 bridgehead atoms. The van der Waals surface area contributed by atoms with Crippen LogP contribution in [0.2, 0.25) is 0 Å². The molecule has 10 atom stereocenters. The highest BCUT2D eigenvalue weighted by molar-refractivity contribution is 5.66. The maximum atomic E-state index is 10.3. The van der Waals surface area contributed by atoms with Crippen molar-refractivity contribution in [3.8, 4) is 0 Å². The van der Waals surface area contributed by atoms with Crippen molar-refractivity contribution in [1.29, 1.82) is 0 Å². The van der Waals surface area contributed by atoms with E-state index in [1.54, 1.807) is 0 Å². The summed E-state index contributed by atoms with van der Waals surface area (Å²) >= 11 is 0. The maximum absolute atomic E-state index is 10.3. The molecule has 0 radical (unpaired) electrons. The van der Waals surface area contributed by atoms with E-state index in [0.29, 0.717) is 12.8 Å². The zero-order chi connectivity index (χ0) is 62.6. The van der Waals surface area contributed by atoms with Crippen molar-refractivity contribution >= 4 is 11.9 Å². The van der Waals surface area contributed by atoms with Crippen LogP contribution in [0.15, 0.2) is 24.3 Å². The van der Waals surface area contributed by atoms with Crippen molar-refractivity contribution in [2.75, 3.05) is 66.1 Å². The van der Waals surface area contributed by atoms with Crippen LogP contribution in [0.3, 0.4) is 0 Å². The molecular weight excluding hydrogens is 1060 g/mol. The molecule has 0 aliphatic heterocycles. The number of allylic oxidation sites excluding steroid dienone is 4. The van der Waals surface area contributed by atoms with Crippen molar-refractivity contribution in [3.63, 3.8) is 0 Å². The van der Waals surface area contributed by atoms with Crippen molar-refractivity contribution < 1.29 is 122 Å². The third-order valence-corrected chi connectivity index (χ3v) is 11.4. The zero-order valence-electron chi connectivity index (χ0n) is 48.6. The molecule has 0 spiro atoms. The van der Waals surface area contributed by atoms with Gasteiger partial charge in [-0.3, -0.25) is 9.59 Å². The van der Waals surface area contributed by atoms with Crippen LogP contribution in [-0.2, 0) is 9.59 Å². The van der Waals surface area contributed by atoms with E-state index in [1.807, 2.05) is 0 Å². The second-order valence-electron chi connectivity index (χ2n) is 19.0. The van der Waals surface area contributed by atoms with Crippen molar-refractivity contribution in [1.82, 2.24) is 0 Å². The number of carboxylic acid groups (broad SMARTS) is 2. The Labute approximate surface area is 477 Å². The van der Waals surface area contributed by atoms with Crippen LogP contribution in [0.1, 0.15) is 194 Å². The number of aliphatic hydroxyl groups is 20. The first-order chi connectivity index (χ1) is 38.1. The van der Waals surface area contributed by atoms with E-state index in [0.717, 1.165) is 25.7 Å². The van der Waals surface area contributed by atoms with Crippen molar-refractivity contribution in [3.05, 3.63) is 24.3 Å². The summed E-state index contributed by atoms with van der Waals surface area (Å²) in [6.45, 7) is -0.743. The fourth-order valence-corrected chi connectivity index (χ4v) is 5.91. The van der Waals surface area contributed by atoms with Crippen molar-refractivity contribution in [2.45, 2.75) is 255 Å². The first-order valence-corrected chi connectivity index (χ1v) is 28.8. The van der Waals surface area contributed by atoms with Gasteiger partial charge in [-0.05, 0) is 64.2 Å². The van der Waals surface area contributed by atoms with E-state index in [1.165, 1.54) is 141 Å². The molecule has 80 heavy (non-hydrogen) atoms. The number of aliphatic carboxylic acids is 2. The average Bonchev–Trinajstić information content (AvgIpc) is 3.47. The van der Waals surface area contributed by atoms with Gasteiger partial charge in [0.15, 0.2) is 0 Å². The molecule has 0 rings (SSSR count). The van der Waals surface area contributed by atoms with Crippen LogP contribution < -0.4 is 0 Å². The quantitative estimate of drug-likeness (QED) is 0.0294. The second-order valence-corrected chi connectivity index (χ2v) is 19.0. The van der Waals surface area contributed by atoms with Crippen molar-refractivity contribution in [2.24, 2.45) is 0 Å². The normalized spacial score (nSPS) is 14.6. The van der Waals surface area contributed by atoms with Gasteiger partial charge in [-0.15, -0.1) is 0 Å². The van der Waals surface area contributed by atoms with Gasteiger partial charge < -0.3 is 112 Å². The van der Waals surface area contributed by atoms with E-state index in [-0.39, 0.29) is 0 Å². The van der Waals surface area contributed by atoms with E-state index < -0.39 is 139 Å². The lowest BCUT2D eigenvalue weighted by atomic mass is 10.1. The molecule has 0 aromatic rings. The minimum atomic E-state index is -1.22. The minimum Gasteiger partial charge on any atom is -0.481 e. The van der Waals surface area contributed by atoms with Gasteiger partial charge in [-0.25, -0.2) is 0 Å². The maximum Gasteiger partial charge on any atom is 0.303 e. The molecule has 24 heteroatoms. The number of aliphatic hydroxyl groups excluding tert-OH is 20. The fourth-order valence-electron chi connectivity index (χ4n) is 5.91. The number of rotatable bonds is 45. The predicted octanol–water partition coefficient (Wildman–Crippen LogP) is 0.681.